The Hall–Kier alpha value is -2.17. The van der Waals surface area contributed by atoms with Crippen molar-refractivity contribution in [3.8, 4) is 11.5 Å². The molecular weight excluding hydrogens is 196 g/mol. The van der Waals surface area contributed by atoms with Gasteiger partial charge in [-0.1, -0.05) is 6.08 Å². The lowest BCUT2D eigenvalue weighted by molar-refractivity contribution is 0.253. The molecule has 80 valence electrons. The zero-order chi connectivity index (χ0) is 11.3. The van der Waals surface area contributed by atoms with Crippen LogP contribution >= 0.6 is 0 Å². The second-order valence-electron chi connectivity index (χ2n) is 2.86. The van der Waals surface area contributed by atoms with Crippen LogP contribution < -0.4 is 10.6 Å². The Morgan fingerprint density at radius 3 is 2.47 bits per heavy atom. The molecule has 0 unspecified atom stereocenters. The fourth-order valence-corrected chi connectivity index (χ4v) is 1.01. The fraction of sp³-hybridized carbons (Fsp3) is 0.100. The highest BCUT2D eigenvalue weighted by Gasteiger charge is 2.02. The van der Waals surface area contributed by atoms with Crippen molar-refractivity contribution in [1.29, 1.82) is 0 Å². The van der Waals surface area contributed by atoms with E-state index in [1.165, 1.54) is 18.2 Å². The third kappa shape index (κ3) is 3.60. The zero-order valence-corrected chi connectivity index (χ0v) is 8.03. The molecule has 0 saturated heterocycles. The zero-order valence-electron chi connectivity index (χ0n) is 8.03. The van der Waals surface area contributed by atoms with Gasteiger partial charge in [0.1, 0.15) is 11.5 Å². The summed E-state index contributed by atoms with van der Waals surface area (Å²) >= 11 is 0. The first-order chi connectivity index (χ1) is 7.11. The van der Waals surface area contributed by atoms with Crippen LogP contribution in [-0.2, 0) is 0 Å². The van der Waals surface area contributed by atoms with Crippen LogP contribution in [0.15, 0.2) is 30.9 Å². The number of aromatic hydroxyl groups is 2. The number of amides is 2. The number of phenolic OH excluding ortho intramolecular Hbond substituents is 2. The van der Waals surface area contributed by atoms with Crippen LogP contribution in [0.3, 0.4) is 0 Å². The minimum atomic E-state index is -0.431. The van der Waals surface area contributed by atoms with Crippen LogP contribution in [0.5, 0.6) is 11.5 Å². The quantitative estimate of drug-likeness (QED) is 0.567. The number of carbonyl (C=O) groups is 1. The van der Waals surface area contributed by atoms with Crippen LogP contribution in [0.1, 0.15) is 0 Å². The number of rotatable bonds is 3. The Bertz CT molecular complexity index is 357. The van der Waals surface area contributed by atoms with Crippen molar-refractivity contribution in [2.75, 3.05) is 11.9 Å². The van der Waals surface area contributed by atoms with E-state index in [0.717, 1.165) is 0 Å². The fourth-order valence-electron chi connectivity index (χ4n) is 1.01. The molecule has 5 nitrogen and oxygen atoms in total. The van der Waals surface area contributed by atoms with Crippen molar-refractivity contribution >= 4 is 11.7 Å². The molecular formula is C10H12N2O3. The van der Waals surface area contributed by atoms with Crippen LogP contribution in [0.2, 0.25) is 0 Å². The number of carbonyl (C=O) groups excluding carboxylic acids is 1. The molecule has 0 aromatic heterocycles. The lowest BCUT2D eigenvalue weighted by Crippen LogP contribution is -2.28. The Labute approximate surface area is 87.1 Å². The molecule has 1 aromatic rings. The van der Waals surface area contributed by atoms with Crippen LogP contribution in [0, 0.1) is 0 Å². The predicted octanol–water partition coefficient (Wildman–Crippen LogP) is 1.41. The van der Waals surface area contributed by atoms with E-state index in [0.29, 0.717) is 12.2 Å². The molecule has 0 aliphatic heterocycles. The Balaban J connectivity index is 2.63. The minimum absolute atomic E-state index is 0.117. The van der Waals surface area contributed by atoms with E-state index >= 15 is 0 Å². The average molecular weight is 208 g/mol. The number of benzene rings is 1. The summed E-state index contributed by atoms with van der Waals surface area (Å²) in [4.78, 5) is 11.2. The number of nitrogens with one attached hydrogen (secondary N) is 2. The molecule has 0 atom stereocenters. The third-order valence-electron chi connectivity index (χ3n) is 1.57. The first-order valence-corrected chi connectivity index (χ1v) is 4.30. The molecule has 0 aliphatic rings. The summed E-state index contributed by atoms with van der Waals surface area (Å²) in [7, 11) is 0. The standard InChI is InChI=1S/C10H12N2O3/c1-2-3-11-10(15)12-7-4-8(13)6-9(14)5-7/h2,4-6,13-14H,1,3H2,(H2,11,12,15). The summed E-state index contributed by atoms with van der Waals surface area (Å²) in [5, 5.41) is 23.2. The van der Waals surface area contributed by atoms with Gasteiger partial charge < -0.3 is 20.8 Å². The first-order valence-electron chi connectivity index (χ1n) is 4.30. The highest BCUT2D eigenvalue weighted by Crippen LogP contribution is 2.23. The van der Waals surface area contributed by atoms with E-state index in [9.17, 15) is 4.79 Å². The van der Waals surface area contributed by atoms with Gasteiger partial charge in [0.05, 0.1) is 0 Å². The summed E-state index contributed by atoms with van der Waals surface area (Å²) in [6, 6.07) is 3.40. The number of phenols is 2. The molecule has 1 aromatic carbocycles. The lowest BCUT2D eigenvalue weighted by Gasteiger charge is -2.06. The van der Waals surface area contributed by atoms with E-state index in [4.69, 9.17) is 10.2 Å². The van der Waals surface area contributed by atoms with Gasteiger partial charge in [0.15, 0.2) is 0 Å². The maximum Gasteiger partial charge on any atom is 0.319 e. The van der Waals surface area contributed by atoms with Gasteiger partial charge in [-0.05, 0) is 0 Å². The van der Waals surface area contributed by atoms with Gasteiger partial charge in [-0.2, -0.15) is 0 Å². The summed E-state index contributed by atoms with van der Waals surface area (Å²) < 4.78 is 0. The van der Waals surface area contributed by atoms with E-state index in [1.54, 1.807) is 6.08 Å². The van der Waals surface area contributed by atoms with Crippen LogP contribution in [0.25, 0.3) is 0 Å². The molecule has 0 spiro atoms. The number of urea groups is 1. The minimum Gasteiger partial charge on any atom is -0.508 e. The van der Waals surface area contributed by atoms with Gasteiger partial charge in [0.2, 0.25) is 0 Å². The Morgan fingerprint density at radius 1 is 1.33 bits per heavy atom. The second kappa shape index (κ2) is 4.90. The summed E-state index contributed by atoms with van der Waals surface area (Å²) in [6.45, 7) is 3.79. The van der Waals surface area contributed by atoms with Crippen LogP contribution in [0.4, 0.5) is 10.5 Å². The van der Waals surface area contributed by atoms with E-state index < -0.39 is 6.03 Å². The van der Waals surface area contributed by atoms with Crippen molar-refractivity contribution in [2.45, 2.75) is 0 Å². The maximum atomic E-state index is 11.2. The van der Waals surface area contributed by atoms with E-state index in [2.05, 4.69) is 17.2 Å². The maximum absolute atomic E-state index is 11.2. The molecule has 0 heterocycles. The summed E-state index contributed by atoms with van der Waals surface area (Å²) in [6.07, 6.45) is 1.54. The first kappa shape index (κ1) is 10.9. The third-order valence-corrected chi connectivity index (χ3v) is 1.57. The van der Waals surface area contributed by atoms with Crippen LogP contribution in [-0.4, -0.2) is 22.8 Å². The SMILES string of the molecule is C=CCNC(=O)Nc1cc(O)cc(O)c1. The molecule has 1 rings (SSSR count). The van der Waals surface area contributed by atoms with Crippen molar-refractivity contribution in [3.05, 3.63) is 30.9 Å². The largest absolute Gasteiger partial charge is 0.508 e. The van der Waals surface area contributed by atoms with Gasteiger partial charge in [-0.25, -0.2) is 4.79 Å². The molecule has 2 amide bonds. The summed E-state index contributed by atoms with van der Waals surface area (Å²) in [5.74, 6) is -0.233. The molecule has 4 N–H and O–H groups in total. The number of hydrogen-bond acceptors (Lipinski definition) is 3. The van der Waals surface area contributed by atoms with Gasteiger partial charge in [-0.3, -0.25) is 0 Å². The highest BCUT2D eigenvalue weighted by atomic mass is 16.3. The van der Waals surface area contributed by atoms with Gasteiger partial charge in [0.25, 0.3) is 0 Å². The molecule has 0 aliphatic carbocycles. The Morgan fingerprint density at radius 2 is 1.93 bits per heavy atom. The van der Waals surface area contributed by atoms with Crippen molar-refractivity contribution < 1.29 is 15.0 Å². The topological polar surface area (TPSA) is 81.6 Å². The molecule has 0 bridgehead atoms. The molecule has 15 heavy (non-hydrogen) atoms. The normalized spacial score (nSPS) is 9.33. The van der Waals surface area contributed by atoms with Crippen molar-refractivity contribution in [2.24, 2.45) is 0 Å². The van der Waals surface area contributed by atoms with E-state index in [1.807, 2.05) is 0 Å². The van der Waals surface area contributed by atoms with Gasteiger partial charge >= 0.3 is 6.03 Å². The van der Waals surface area contributed by atoms with Crippen molar-refractivity contribution in [1.82, 2.24) is 5.32 Å². The molecule has 0 saturated carbocycles. The molecule has 0 fully saturated rings. The monoisotopic (exact) mass is 208 g/mol. The van der Waals surface area contributed by atoms with Crippen molar-refractivity contribution in [3.63, 3.8) is 0 Å². The van der Waals surface area contributed by atoms with E-state index in [-0.39, 0.29) is 11.5 Å². The summed E-state index contributed by atoms with van der Waals surface area (Å²) in [5.41, 5.74) is 0.314. The number of anilines is 1. The van der Waals surface area contributed by atoms with Gasteiger partial charge in [0, 0.05) is 30.4 Å². The highest BCUT2D eigenvalue weighted by molar-refractivity contribution is 5.89. The van der Waals surface area contributed by atoms with Gasteiger partial charge in [-0.15, -0.1) is 6.58 Å². The molecule has 5 heteroatoms. The number of hydrogen-bond donors (Lipinski definition) is 4. The smallest absolute Gasteiger partial charge is 0.319 e. The predicted molar refractivity (Wildman–Crippen MR) is 57.0 cm³/mol. The Kier molecular flexibility index (Phi) is 3.56. The molecule has 0 radical (unpaired) electrons. The second-order valence-corrected chi connectivity index (χ2v) is 2.86. The lowest BCUT2D eigenvalue weighted by atomic mass is 10.3. The average Bonchev–Trinajstić information content (AvgIpc) is 2.13.